The number of hydrogen-bond acceptors (Lipinski definition) is 6. The summed E-state index contributed by atoms with van der Waals surface area (Å²) in [6.45, 7) is 10.2. The molecular weight excluding hydrogens is 929 g/mol. The predicted molar refractivity (Wildman–Crippen MR) is 202 cm³/mol. The molecule has 264 valence electrons. The Morgan fingerprint density at radius 2 is 1.02 bits per heavy atom. The minimum Gasteiger partial charge on any atom is -0.503 e. The zero-order valence-electron chi connectivity index (χ0n) is 29.7. The molecule has 0 bridgehead atoms. The summed E-state index contributed by atoms with van der Waals surface area (Å²) >= 11 is 0. The molecule has 0 amide bonds. The van der Waals surface area contributed by atoms with E-state index in [9.17, 15) is 0 Å². The summed E-state index contributed by atoms with van der Waals surface area (Å²) in [7, 11) is 0. The molecular formula is C44H33BN4O2PdPt. The zero-order chi connectivity index (χ0) is 35.1. The summed E-state index contributed by atoms with van der Waals surface area (Å²) in [5.41, 5.74) is 11.2. The predicted octanol–water partition coefficient (Wildman–Crippen LogP) is 7.79. The minimum atomic E-state index is -0.338. The van der Waals surface area contributed by atoms with Gasteiger partial charge >= 0.3 is 41.5 Å². The first-order valence-electron chi connectivity index (χ1n) is 16.9. The maximum Gasteiger partial charge on any atom is 2.00 e. The van der Waals surface area contributed by atoms with Gasteiger partial charge in [-0.3, -0.25) is 9.97 Å². The third kappa shape index (κ3) is 8.12. The second-order valence-corrected chi connectivity index (χ2v) is 13.8. The molecule has 0 N–H and O–H groups in total. The van der Waals surface area contributed by atoms with Crippen molar-refractivity contribution in [3.63, 3.8) is 0 Å². The van der Waals surface area contributed by atoms with E-state index in [1.807, 2.05) is 99.0 Å². The van der Waals surface area contributed by atoms with Crippen molar-refractivity contribution < 1.29 is 51.0 Å². The zero-order valence-corrected chi connectivity index (χ0v) is 33.5. The fraction of sp³-hybridized carbons (Fsp3) is 0.136. The molecule has 0 saturated carbocycles. The van der Waals surface area contributed by atoms with Crippen LogP contribution in [0.4, 0.5) is 0 Å². The van der Waals surface area contributed by atoms with E-state index in [0.717, 1.165) is 61.3 Å². The Kier molecular flexibility index (Phi) is 11.3. The first-order chi connectivity index (χ1) is 24.7. The molecule has 6 nitrogen and oxygen atoms in total. The number of ether oxygens (including phenoxy) is 2. The number of fused-ring (bicyclic) bond motifs is 3. The summed E-state index contributed by atoms with van der Waals surface area (Å²) in [5, 5.41) is 0. The minimum absolute atomic E-state index is 0. The van der Waals surface area contributed by atoms with Crippen LogP contribution in [0.15, 0.2) is 110 Å². The Morgan fingerprint density at radius 3 is 1.45 bits per heavy atom. The van der Waals surface area contributed by atoms with E-state index in [1.165, 1.54) is 0 Å². The van der Waals surface area contributed by atoms with Crippen molar-refractivity contribution in [2.75, 3.05) is 0 Å². The number of rotatable bonds is 7. The Bertz CT molecular complexity index is 2280. The van der Waals surface area contributed by atoms with E-state index in [-0.39, 0.29) is 53.6 Å². The van der Waals surface area contributed by atoms with E-state index in [2.05, 4.69) is 67.1 Å². The first kappa shape index (κ1) is 38.0. The van der Waals surface area contributed by atoms with Gasteiger partial charge in [-0.05, 0) is 48.3 Å². The number of nitrogens with zero attached hydrogens (tertiary/aromatic N) is 4. The van der Waals surface area contributed by atoms with Gasteiger partial charge in [0.2, 0.25) is 6.71 Å². The fourth-order valence-corrected chi connectivity index (χ4v) is 6.22. The van der Waals surface area contributed by atoms with E-state index in [4.69, 9.17) is 19.4 Å². The molecule has 0 radical (unpaired) electrons. The van der Waals surface area contributed by atoms with E-state index >= 15 is 0 Å². The molecule has 1 aliphatic rings. The van der Waals surface area contributed by atoms with Crippen molar-refractivity contribution in [1.82, 2.24) is 19.9 Å². The molecule has 0 saturated heterocycles. The summed E-state index contributed by atoms with van der Waals surface area (Å²) in [4.78, 5) is 18.8. The van der Waals surface area contributed by atoms with Crippen molar-refractivity contribution in [3.05, 3.63) is 151 Å². The van der Waals surface area contributed by atoms with Crippen LogP contribution in [0.25, 0.3) is 33.6 Å². The van der Waals surface area contributed by atoms with Crippen LogP contribution in [0.2, 0.25) is 0 Å². The van der Waals surface area contributed by atoms with E-state index in [1.54, 1.807) is 12.4 Å². The molecule has 3 aromatic heterocycles. The topological polar surface area (TPSA) is 70.0 Å². The largest absolute Gasteiger partial charge is 2.00 e. The van der Waals surface area contributed by atoms with Crippen LogP contribution in [0, 0.1) is 38.1 Å². The van der Waals surface area contributed by atoms with Crippen LogP contribution < -0.4 is 26.1 Å². The Morgan fingerprint density at radius 1 is 0.566 bits per heavy atom. The third-order valence-corrected chi connectivity index (χ3v) is 8.92. The molecule has 4 aromatic carbocycles. The van der Waals surface area contributed by atoms with Crippen molar-refractivity contribution in [1.29, 1.82) is 0 Å². The van der Waals surface area contributed by atoms with Crippen LogP contribution in [0.5, 0.6) is 23.0 Å². The molecule has 0 atom stereocenters. The monoisotopic (exact) mass is 961 g/mol. The van der Waals surface area contributed by atoms with E-state index in [0.29, 0.717) is 28.7 Å². The average molecular weight is 962 g/mol. The van der Waals surface area contributed by atoms with Gasteiger partial charge in [0.1, 0.15) is 0 Å². The van der Waals surface area contributed by atoms with Gasteiger partial charge in [-0.2, -0.15) is 34.2 Å². The van der Waals surface area contributed by atoms with Gasteiger partial charge in [-0.25, -0.2) is 0 Å². The summed E-state index contributed by atoms with van der Waals surface area (Å²) in [5.74, 6) is 2.28. The van der Waals surface area contributed by atoms with Gasteiger partial charge in [0.05, 0.1) is 5.72 Å². The number of hydrogen-bond donors (Lipinski definition) is 0. The van der Waals surface area contributed by atoms with Crippen LogP contribution in [-0.4, -0.2) is 26.6 Å². The molecule has 1 aliphatic heterocycles. The van der Waals surface area contributed by atoms with Crippen LogP contribution in [0.3, 0.4) is 0 Å². The first-order valence-corrected chi connectivity index (χ1v) is 16.9. The maximum atomic E-state index is 6.38. The molecule has 7 aromatic rings. The molecule has 8 rings (SSSR count). The summed E-state index contributed by atoms with van der Waals surface area (Å²) in [6.07, 6.45) is 7.45. The Hall–Kier alpha value is -4.72. The van der Waals surface area contributed by atoms with Gasteiger partial charge < -0.3 is 19.4 Å². The molecule has 0 spiro atoms. The molecule has 0 fully saturated rings. The van der Waals surface area contributed by atoms with Crippen LogP contribution in [0.1, 0.15) is 37.5 Å². The second kappa shape index (κ2) is 15.7. The number of pyridine rings is 2. The third-order valence-electron chi connectivity index (χ3n) is 8.92. The molecule has 0 unspecified atom stereocenters. The molecule has 0 aliphatic carbocycles. The van der Waals surface area contributed by atoms with Gasteiger partial charge in [-0.15, -0.1) is 71.8 Å². The van der Waals surface area contributed by atoms with Crippen molar-refractivity contribution in [3.8, 4) is 56.6 Å². The fourth-order valence-electron chi connectivity index (χ4n) is 6.22. The van der Waals surface area contributed by atoms with Crippen molar-refractivity contribution in [2.24, 2.45) is 0 Å². The maximum absolute atomic E-state index is 6.38. The molecule has 53 heavy (non-hydrogen) atoms. The van der Waals surface area contributed by atoms with Gasteiger partial charge in [0, 0.05) is 47.8 Å². The number of aromatic nitrogens is 4. The van der Waals surface area contributed by atoms with Crippen LogP contribution in [-0.2, 0) is 46.9 Å². The number of aryl methyl sites for hydroxylation is 2. The number of benzene rings is 4. The Labute approximate surface area is 339 Å². The van der Waals surface area contributed by atoms with Gasteiger partial charge in [0.15, 0.2) is 0 Å². The Balaban J connectivity index is 0.00000240. The van der Waals surface area contributed by atoms with Crippen molar-refractivity contribution >= 4 is 23.4 Å². The smallest absolute Gasteiger partial charge is 0.503 e. The van der Waals surface area contributed by atoms with Crippen molar-refractivity contribution in [2.45, 2.75) is 40.0 Å². The van der Waals surface area contributed by atoms with Gasteiger partial charge in [-0.1, -0.05) is 56.2 Å². The standard InChI is InChI=1S/C44H33BN4O2.Pd.Pt/c1-28-16-18-46-41(20-28)30-8-6-10-33(22-30)50-35-12-14-37-38-15-13-36(51-34-11-7-9-31(23-34)42-21-29(2)17-19-47-42)25-40(38)45(39(37)24-35)43-48-26-32(27-49-43)44(3,4)5;;/h6-21,26-27H,1-5H3;;/q-4;2*+2. The normalized spacial score (nSPS) is 11.5. The molecule has 9 heteroatoms. The van der Waals surface area contributed by atoms with Gasteiger partial charge in [0.25, 0.3) is 0 Å². The molecule has 4 heterocycles. The van der Waals surface area contributed by atoms with Crippen LogP contribution >= 0.6 is 0 Å². The quantitative estimate of drug-likeness (QED) is 0.120. The summed E-state index contributed by atoms with van der Waals surface area (Å²) in [6, 6.07) is 41.5. The average Bonchev–Trinajstić information content (AvgIpc) is 3.44. The SMILES string of the molecule is Cc1ccnc(-c2[c-]c(Oc3[c-]c4c(cc3)-c3ccc(Oc5[c-]c(-c6cc(C)ccn6)ccc5)[c-]c3B4c3ncc(C(C)(C)C)cn3)ccc2)c1.[Pd+2].[Pt+2]. The van der Waals surface area contributed by atoms with E-state index < -0.39 is 0 Å². The second-order valence-electron chi connectivity index (χ2n) is 13.8. The summed E-state index contributed by atoms with van der Waals surface area (Å²) < 4.78 is 12.8.